The monoisotopic (exact) mass is 394 g/mol. The molecule has 0 aliphatic carbocycles. The van der Waals surface area contributed by atoms with E-state index in [-0.39, 0.29) is 0 Å². The highest BCUT2D eigenvalue weighted by atomic mass is 32.1. The Labute approximate surface area is 169 Å². The van der Waals surface area contributed by atoms with E-state index in [9.17, 15) is 0 Å². The van der Waals surface area contributed by atoms with Gasteiger partial charge in [0.15, 0.2) is 5.82 Å². The van der Waals surface area contributed by atoms with E-state index >= 15 is 0 Å². The topological polar surface area (TPSA) is 83.1 Å². The summed E-state index contributed by atoms with van der Waals surface area (Å²) in [6, 6.07) is 16.1. The lowest BCUT2D eigenvalue weighted by molar-refractivity contribution is 1.11. The van der Waals surface area contributed by atoms with Crippen LogP contribution in [0.5, 0.6) is 0 Å². The Morgan fingerprint density at radius 3 is 2.69 bits per heavy atom. The highest BCUT2D eigenvalue weighted by Crippen LogP contribution is 2.32. The zero-order valence-corrected chi connectivity index (χ0v) is 15.9. The maximum absolute atomic E-state index is 4.85. The van der Waals surface area contributed by atoms with Crippen molar-refractivity contribution in [3.05, 3.63) is 71.7 Å². The minimum absolute atomic E-state index is 0.717. The molecule has 5 heterocycles. The van der Waals surface area contributed by atoms with Crippen LogP contribution in [-0.2, 0) is 0 Å². The number of thiophene rings is 1. The predicted octanol–water partition coefficient (Wildman–Crippen LogP) is 5.29. The molecule has 0 fully saturated rings. The van der Waals surface area contributed by atoms with Crippen molar-refractivity contribution in [3.8, 4) is 34.0 Å². The maximum Gasteiger partial charge on any atom is 0.159 e. The third-order valence-electron chi connectivity index (χ3n) is 4.94. The molecule has 6 nitrogen and oxygen atoms in total. The molecule has 5 aromatic heterocycles. The van der Waals surface area contributed by atoms with E-state index in [4.69, 9.17) is 4.98 Å². The Hall–Kier alpha value is -3.84. The molecule has 0 aliphatic rings. The summed E-state index contributed by atoms with van der Waals surface area (Å²) in [6.45, 7) is 0. The number of hydrogen-bond acceptors (Lipinski definition) is 5. The van der Waals surface area contributed by atoms with Crippen molar-refractivity contribution < 1.29 is 0 Å². The molecule has 7 heteroatoms. The number of benzene rings is 1. The van der Waals surface area contributed by atoms with Gasteiger partial charge in [-0.05, 0) is 41.8 Å². The van der Waals surface area contributed by atoms with Gasteiger partial charge in [0.25, 0.3) is 0 Å². The lowest BCUT2D eigenvalue weighted by Crippen LogP contribution is -1.84. The summed E-state index contributed by atoms with van der Waals surface area (Å²) in [5.41, 5.74) is 7.43. The number of aromatic nitrogens is 6. The van der Waals surface area contributed by atoms with Crippen LogP contribution in [0.25, 0.3) is 56.0 Å². The summed E-state index contributed by atoms with van der Waals surface area (Å²) < 4.78 is 0. The second kappa shape index (κ2) is 6.35. The quantitative estimate of drug-likeness (QED) is 0.427. The Balaban J connectivity index is 1.53. The largest absolute Gasteiger partial charge is 0.336 e. The van der Waals surface area contributed by atoms with Crippen LogP contribution in [-0.4, -0.2) is 30.1 Å². The third-order valence-corrected chi connectivity index (χ3v) is 5.63. The van der Waals surface area contributed by atoms with Crippen LogP contribution in [0.2, 0.25) is 0 Å². The van der Waals surface area contributed by atoms with E-state index in [0.717, 1.165) is 50.1 Å². The minimum atomic E-state index is 0.717. The van der Waals surface area contributed by atoms with E-state index in [0.29, 0.717) is 5.82 Å². The molecule has 0 atom stereocenters. The molecule has 0 radical (unpaired) electrons. The molecule has 29 heavy (non-hydrogen) atoms. The second-order valence-electron chi connectivity index (χ2n) is 6.70. The van der Waals surface area contributed by atoms with Crippen molar-refractivity contribution in [3.63, 3.8) is 0 Å². The first-order valence-corrected chi connectivity index (χ1v) is 10.1. The number of H-pyrrole nitrogens is 2. The molecule has 138 valence electrons. The Kier molecular flexibility index (Phi) is 3.54. The number of fused-ring (bicyclic) bond motifs is 2. The molecule has 0 saturated heterocycles. The van der Waals surface area contributed by atoms with Crippen molar-refractivity contribution in [2.45, 2.75) is 0 Å². The molecule has 0 amide bonds. The minimum Gasteiger partial charge on any atom is -0.336 e. The number of nitrogens with one attached hydrogen (secondary N) is 2. The van der Waals surface area contributed by atoms with Crippen LogP contribution in [0.15, 0.2) is 71.7 Å². The van der Waals surface area contributed by atoms with Gasteiger partial charge in [-0.1, -0.05) is 12.1 Å². The highest BCUT2D eigenvalue weighted by molar-refractivity contribution is 7.08. The molecule has 0 spiro atoms. The summed E-state index contributed by atoms with van der Waals surface area (Å²) >= 11 is 1.65. The van der Waals surface area contributed by atoms with Crippen LogP contribution in [0.1, 0.15) is 0 Å². The van der Waals surface area contributed by atoms with E-state index in [2.05, 4.69) is 42.7 Å². The smallest absolute Gasteiger partial charge is 0.159 e. The lowest BCUT2D eigenvalue weighted by Gasteiger charge is -2.01. The summed E-state index contributed by atoms with van der Waals surface area (Å²) in [5.74, 6) is 0.717. The van der Waals surface area contributed by atoms with Gasteiger partial charge in [0.2, 0.25) is 0 Å². The molecule has 1 aromatic carbocycles. The van der Waals surface area contributed by atoms with Gasteiger partial charge in [0.1, 0.15) is 11.2 Å². The van der Waals surface area contributed by atoms with E-state index < -0.39 is 0 Å². The standard InChI is InChI=1S/C22H14N6S/c1-2-8-23-16(3-1)13-4-5-17-15(11-13)20(28-27-17)22-25-18-6-9-24-19(21(18)26-22)14-7-10-29-12-14/h1-12H,(H,25,26)(H,27,28). The lowest BCUT2D eigenvalue weighted by atomic mass is 10.1. The average Bonchev–Trinajstić information content (AvgIpc) is 3.52. The van der Waals surface area contributed by atoms with Crippen LogP contribution >= 0.6 is 11.3 Å². The summed E-state index contributed by atoms with van der Waals surface area (Å²) in [7, 11) is 0. The Morgan fingerprint density at radius 1 is 0.828 bits per heavy atom. The normalized spacial score (nSPS) is 11.4. The fourth-order valence-corrected chi connectivity index (χ4v) is 4.19. The van der Waals surface area contributed by atoms with Gasteiger partial charge in [-0.2, -0.15) is 16.4 Å². The van der Waals surface area contributed by atoms with Crippen molar-refractivity contribution >= 4 is 33.3 Å². The van der Waals surface area contributed by atoms with Gasteiger partial charge in [0, 0.05) is 34.3 Å². The third kappa shape index (κ3) is 2.63. The van der Waals surface area contributed by atoms with Crippen molar-refractivity contribution in [2.75, 3.05) is 0 Å². The summed E-state index contributed by atoms with van der Waals surface area (Å²) in [5, 5.41) is 12.8. The first-order valence-electron chi connectivity index (χ1n) is 9.14. The Morgan fingerprint density at radius 2 is 1.83 bits per heavy atom. The van der Waals surface area contributed by atoms with Crippen molar-refractivity contribution in [1.29, 1.82) is 0 Å². The first kappa shape index (κ1) is 16.1. The number of rotatable bonds is 3. The van der Waals surface area contributed by atoms with E-state index in [1.807, 2.05) is 41.8 Å². The number of nitrogens with zero attached hydrogens (tertiary/aromatic N) is 4. The summed E-state index contributed by atoms with van der Waals surface area (Å²) in [4.78, 5) is 17.3. The van der Waals surface area contributed by atoms with Crippen molar-refractivity contribution in [2.24, 2.45) is 0 Å². The zero-order valence-electron chi connectivity index (χ0n) is 15.1. The van der Waals surface area contributed by atoms with Crippen LogP contribution in [0.4, 0.5) is 0 Å². The molecule has 2 N–H and O–H groups in total. The average molecular weight is 394 g/mol. The predicted molar refractivity (Wildman–Crippen MR) is 116 cm³/mol. The second-order valence-corrected chi connectivity index (χ2v) is 7.48. The SMILES string of the molecule is c1ccc(-c2ccc3[nH]nc(-c4nc5c(-c6ccsc6)nccc5[nH]4)c3c2)nc1. The van der Waals surface area contributed by atoms with Crippen LogP contribution in [0, 0.1) is 0 Å². The van der Waals surface area contributed by atoms with E-state index in [1.54, 1.807) is 23.7 Å². The van der Waals surface area contributed by atoms with Gasteiger partial charge in [-0.3, -0.25) is 15.1 Å². The summed E-state index contributed by atoms with van der Waals surface area (Å²) in [6.07, 6.45) is 3.60. The molecule has 0 bridgehead atoms. The molecule has 6 rings (SSSR count). The number of imidazole rings is 1. The maximum atomic E-state index is 4.85. The Bertz CT molecular complexity index is 1450. The fourth-order valence-electron chi connectivity index (χ4n) is 3.55. The molecule has 6 aromatic rings. The van der Waals surface area contributed by atoms with Gasteiger partial charge < -0.3 is 4.98 Å². The molecule has 0 saturated carbocycles. The van der Waals surface area contributed by atoms with Crippen LogP contribution in [0.3, 0.4) is 0 Å². The number of pyridine rings is 2. The molecule has 0 aliphatic heterocycles. The van der Waals surface area contributed by atoms with Gasteiger partial charge >= 0.3 is 0 Å². The number of hydrogen-bond donors (Lipinski definition) is 2. The zero-order chi connectivity index (χ0) is 19.2. The van der Waals surface area contributed by atoms with Gasteiger partial charge in [-0.25, -0.2) is 4.98 Å². The van der Waals surface area contributed by atoms with Gasteiger partial charge in [-0.15, -0.1) is 0 Å². The highest BCUT2D eigenvalue weighted by Gasteiger charge is 2.16. The first-order chi connectivity index (χ1) is 14.4. The number of aromatic amines is 2. The fraction of sp³-hybridized carbons (Fsp3) is 0. The van der Waals surface area contributed by atoms with E-state index in [1.165, 1.54) is 0 Å². The molecule has 0 unspecified atom stereocenters. The molecular weight excluding hydrogens is 380 g/mol. The van der Waals surface area contributed by atoms with Crippen LogP contribution < -0.4 is 0 Å². The van der Waals surface area contributed by atoms with Crippen molar-refractivity contribution in [1.82, 2.24) is 30.1 Å². The van der Waals surface area contributed by atoms with Gasteiger partial charge in [0.05, 0.1) is 22.4 Å². The molecular formula is C22H14N6S.